The van der Waals surface area contributed by atoms with Crippen LogP contribution in [0.5, 0.6) is 17.2 Å². The molecule has 0 spiro atoms. The number of rotatable bonds is 18. The van der Waals surface area contributed by atoms with Gasteiger partial charge in [0.05, 0.1) is 84.0 Å². The van der Waals surface area contributed by atoms with E-state index in [9.17, 15) is 5.11 Å². The maximum atomic E-state index is 9.52. The highest BCUT2D eigenvalue weighted by Crippen LogP contribution is 2.30. The van der Waals surface area contributed by atoms with Gasteiger partial charge in [0, 0.05) is 57.1 Å². The molecule has 2 aliphatic heterocycles. The van der Waals surface area contributed by atoms with Crippen LogP contribution < -0.4 is 14.2 Å². The number of benzene rings is 2. The maximum absolute atomic E-state index is 9.52. The van der Waals surface area contributed by atoms with Gasteiger partial charge in [0.2, 0.25) is 0 Å². The first-order valence-corrected chi connectivity index (χ1v) is 17.0. The number of hydrogen-bond donors (Lipinski definition) is 1. The van der Waals surface area contributed by atoms with Crippen molar-refractivity contribution in [3.05, 3.63) is 76.5 Å². The molecule has 1 N–H and O–H groups in total. The van der Waals surface area contributed by atoms with Crippen LogP contribution in [0.3, 0.4) is 0 Å². The topological polar surface area (TPSA) is 47.9 Å². The third kappa shape index (κ3) is 9.55. The fraction of sp³-hybridized carbons (Fsp3) is 0.200. The molecule has 2 aromatic rings. The van der Waals surface area contributed by atoms with E-state index in [1.165, 1.54) is 10.9 Å². The summed E-state index contributed by atoms with van der Waals surface area (Å²) in [7, 11) is 23.5. The van der Waals surface area contributed by atoms with Gasteiger partial charge in [-0.1, -0.05) is 23.1 Å². The van der Waals surface area contributed by atoms with E-state index < -0.39 is 0 Å². The predicted molar refractivity (Wildman–Crippen MR) is 233 cm³/mol. The Balaban J connectivity index is 1.43. The minimum absolute atomic E-state index is 0.00652. The molecule has 4 nitrogen and oxygen atoms in total. The molecule has 202 valence electrons. The van der Waals surface area contributed by atoms with Gasteiger partial charge < -0.3 is 19.3 Å². The van der Waals surface area contributed by atoms with Gasteiger partial charge in [-0.2, -0.15) is 0 Å². The van der Waals surface area contributed by atoms with Crippen molar-refractivity contribution in [2.24, 2.45) is 0 Å². The summed E-state index contributed by atoms with van der Waals surface area (Å²) in [5.41, 5.74) is 4.65. The molecule has 0 bridgehead atoms. The molecule has 0 unspecified atom stereocenters. The molecule has 0 atom stereocenters. The molecule has 0 aromatic heterocycles. The van der Waals surface area contributed by atoms with E-state index in [1.54, 1.807) is 0 Å². The van der Waals surface area contributed by atoms with Crippen LogP contribution in [0.25, 0.3) is 0 Å². The van der Waals surface area contributed by atoms with Crippen LogP contribution in [0.2, 0.25) is 0 Å². The molecule has 0 saturated carbocycles. The Morgan fingerprint density at radius 3 is 1.43 bits per heavy atom. The standard InChI is InChI=1S/C20H38B20O4/c21-33(22)37(29)39(35(25)26)31-8-16(31)12-43-19-5-15(11-42-18-3-1-2-14(4-18)10-41)6-20(7-19)44-13-17-9-32(17)40(36(27)28)38(30)34(23)24/h1-9,41H,10-13,21-30H2. The average Bonchev–Trinajstić information content (AvgIpc) is 3.91. The second-order valence-electron chi connectivity index (χ2n) is 14.9. The van der Waals surface area contributed by atoms with Gasteiger partial charge in [-0.15, -0.1) is 12.0 Å². The van der Waals surface area contributed by atoms with Gasteiger partial charge >= 0.3 is 0 Å². The first kappa shape index (κ1) is 35.4. The van der Waals surface area contributed by atoms with E-state index in [0.717, 1.165) is 28.4 Å². The quantitative estimate of drug-likeness (QED) is 0.185. The highest BCUT2D eigenvalue weighted by atomic mass is 16.5. The second-order valence-corrected chi connectivity index (χ2v) is 14.9. The lowest BCUT2D eigenvalue weighted by molar-refractivity contribution is 0.277. The zero-order chi connectivity index (χ0) is 32.1. The van der Waals surface area contributed by atoms with Gasteiger partial charge in [-0.05, 0) is 35.4 Å². The SMILES string of the molecule is BB(B)B(B)B(B(B)B)B1C=C1COc1cc(COc2cccc(CO)c2)cc(OCC2=CB2B(B(B)B)B(B)B(B)B)c1. The monoisotopic (exact) mass is 562 g/mol. The van der Waals surface area contributed by atoms with E-state index in [1.807, 2.05) is 30.3 Å². The van der Waals surface area contributed by atoms with Gasteiger partial charge in [-0.3, -0.25) is 0 Å². The Hall–Kier alpha value is -1.42. The van der Waals surface area contributed by atoms with Crippen LogP contribution in [0, 0.1) is 0 Å². The Bertz CT molecular complexity index is 1260. The van der Waals surface area contributed by atoms with E-state index in [0.29, 0.717) is 84.1 Å². The molecule has 2 aliphatic rings. The fourth-order valence-corrected chi connectivity index (χ4v) is 7.07. The lowest BCUT2D eigenvalue weighted by Gasteiger charge is -2.24. The number of hydrogen-bond acceptors (Lipinski definition) is 4. The zero-order valence-corrected chi connectivity index (χ0v) is 29.0. The van der Waals surface area contributed by atoms with Crippen molar-refractivity contribution in [1.82, 2.24) is 0 Å². The Kier molecular flexibility index (Phi) is 12.8. The Morgan fingerprint density at radius 2 is 1.00 bits per heavy atom. The van der Waals surface area contributed by atoms with Crippen LogP contribution in [-0.2, 0) is 13.2 Å². The van der Waals surface area contributed by atoms with Crippen molar-refractivity contribution in [3.8, 4) is 17.2 Å². The zero-order valence-electron chi connectivity index (χ0n) is 29.0. The first-order chi connectivity index (χ1) is 20.9. The third-order valence-corrected chi connectivity index (χ3v) is 10.3. The summed E-state index contributed by atoms with van der Waals surface area (Å²) < 4.78 is 19.0. The molecule has 0 amide bonds. The highest BCUT2D eigenvalue weighted by molar-refractivity contribution is 8.02. The van der Waals surface area contributed by atoms with Crippen molar-refractivity contribution in [1.29, 1.82) is 0 Å². The van der Waals surface area contributed by atoms with Crippen LogP contribution in [0.1, 0.15) is 11.1 Å². The van der Waals surface area contributed by atoms with Crippen molar-refractivity contribution >= 4 is 142 Å². The smallest absolute Gasteiger partial charge is 0.148 e. The van der Waals surface area contributed by atoms with Crippen LogP contribution in [0.4, 0.5) is 0 Å². The predicted octanol–water partition coefficient (Wildman–Crippen LogP) is -9.57. The lowest BCUT2D eigenvalue weighted by Crippen LogP contribution is -2.64. The van der Waals surface area contributed by atoms with Gasteiger partial charge in [0.1, 0.15) is 50.3 Å². The van der Waals surface area contributed by atoms with Crippen LogP contribution in [0.15, 0.2) is 65.4 Å². The normalized spacial score (nSPS) is 12.8. The van der Waals surface area contributed by atoms with Crippen molar-refractivity contribution < 1.29 is 19.3 Å². The molecule has 44 heavy (non-hydrogen) atoms. The van der Waals surface area contributed by atoms with E-state index in [4.69, 9.17) is 14.2 Å². The van der Waals surface area contributed by atoms with E-state index >= 15 is 0 Å². The summed E-state index contributed by atoms with van der Waals surface area (Å²) in [5, 5.41) is 9.52. The molecular formula is C20H38B20O4. The minimum Gasteiger partial charge on any atom is -0.490 e. The largest absolute Gasteiger partial charge is 0.490 e. The average molecular weight is 559 g/mol. The van der Waals surface area contributed by atoms with Crippen molar-refractivity contribution in [2.75, 3.05) is 13.2 Å². The molecule has 0 radical (unpaired) electrons. The third-order valence-electron chi connectivity index (χ3n) is 10.3. The minimum atomic E-state index is -0.00652. The van der Waals surface area contributed by atoms with Crippen LogP contribution >= 0.6 is 0 Å². The lowest BCUT2D eigenvalue weighted by atomic mass is 8.57. The van der Waals surface area contributed by atoms with Gasteiger partial charge in [-0.25, -0.2) is 0 Å². The molecule has 2 heterocycles. The summed E-state index contributed by atoms with van der Waals surface area (Å²) in [6.45, 7) is 2.67. The first-order valence-electron chi connectivity index (χ1n) is 17.0. The summed E-state index contributed by atoms with van der Waals surface area (Å²) in [6.07, 6.45) is 5.23. The maximum Gasteiger partial charge on any atom is 0.148 e. The fourth-order valence-electron chi connectivity index (χ4n) is 7.07. The Morgan fingerprint density at radius 1 is 0.545 bits per heavy atom. The molecule has 2 aromatic carbocycles. The second kappa shape index (κ2) is 15.9. The molecule has 0 saturated heterocycles. The molecule has 0 aliphatic carbocycles. The summed E-state index contributed by atoms with van der Waals surface area (Å²) in [5.74, 6) is 7.17. The van der Waals surface area contributed by atoms with E-state index in [2.05, 4.69) is 101 Å². The van der Waals surface area contributed by atoms with Crippen molar-refractivity contribution in [3.63, 3.8) is 0 Å². The summed E-state index contributed by atoms with van der Waals surface area (Å²) >= 11 is 0. The molecule has 4 rings (SSSR count). The number of ether oxygens (including phenoxy) is 3. The summed E-state index contributed by atoms with van der Waals surface area (Å²) in [6, 6.07) is 13.8. The molecular weight excluding hydrogens is 520 g/mol. The number of aliphatic hydroxyl groups excluding tert-OH is 1. The number of aliphatic hydroxyl groups is 1. The van der Waals surface area contributed by atoms with Crippen molar-refractivity contribution in [2.45, 2.75) is 13.2 Å². The molecule has 0 fully saturated rings. The Labute approximate surface area is 280 Å². The summed E-state index contributed by atoms with van der Waals surface area (Å²) in [4.78, 5) is 0. The molecule has 24 heteroatoms. The van der Waals surface area contributed by atoms with Gasteiger partial charge in [0.15, 0.2) is 0 Å². The van der Waals surface area contributed by atoms with E-state index in [-0.39, 0.29) is 6.61 Å². The van der Waals surface area contributed by atoms with Gasteiger partial charge in [0.25, 0.3) is 0 Å². The van der Waals surface area contributed by atoms with Crippen LogP contribution in [-0.4, -0.2) is 160 Å². The highest BCUT2D eigenvalue weighted by Gasteiger charge is 2.45.